The highest BCUT2D eigenvalue weighted by Crippen LogP contribution is 2.20. The SMILES string of the molecule is CC(C)(C)[C@H](NC(=O)NC1CCSCC1)C(=O)O. The Hall–Kier alpha value is -0.910. The van der Waals surface area contributed by atoms with Gasteiger partial charge in [0.05, 0.1) is 0 Å². The molecule has 6 heteroatoms. The number of amides is 2. The monoisotopic (exact) mass is 274 g/mol. The molecule has 3 N–H and O–H groups in total. The summed E-state index contributed by atoms with van der Waals surface area (Å²) in [5, 5.41) is 14.5. The van der Waals surface area contributed by atoms with E-state index in [9.17, 15) is 9.59 Å². The first-order valence-corrected chi connectivity index (χ1v) is 7.34. The first-order valence-electron chi connectivity index (χ1n) is 6.18. The molecule has 0 unspecified atom stereocenters. The maximum atomic E-state index is 11.8. The van der Waals surface area contributed by atoms with Crippen molar-refractivity contribution in [2.45, 2.75) is 45.7 Å². The van der Waals surface area contributed by atoms with Gasteiger partial charge in [-0.25, -0.2) is 9.59 Å². The summed E-state index contributed by atoms with van der Waals surface area (Å²) in [6, 6.07) is -1.09. The molecule has 1 atom stereocenters. The summed E-state index contributed by atoms with van der Waals surface area (Å²) in [6.07, 6.45) is 1.90. The molecule has 1 rings (SSSR count). The van der Waals surface area contributed by atoms with Crippen LogP contribution in [0, 0.1) is 5.41 Å². The zero-order valence-electron chi connectivity index (χ0n) is 11.2. The van der Waals surface area contributed by atoms with E-state index >= 15 is 0 Å². The highest BCUT2D eigenvalue weighted by molar-refractivity contribution is 7.99. The third-order valence-electron chi connectivity index (χ3n) is 2.94. The summed E-state index contributed by atoms with van der Waals surface area (Å²) in [6.45, 7) is 5.38. The fraction of sp³-hybridized carbons (Fsp3) is 0.833. The summed E-state index contributed by atoms with van der Waals surface area (Å²) < 4.78 is 0. The predicted octanol–water partition coefficient (Wildman–Crippen LogP) is 1.68. The molecule has 0 aromatic carbocycles. The second kappa shape index (κ2) is 6.31. The Balaban J connectivity index is 2.48. The van der Waals surface area contributed by atoms with Crippen LogP contribution in [-0.2, 0) is 4.79 Å². The second-order valence-corrected chi connectivity index (χ2v) is 6.87. The molecule has 0 saturated carbocycles. The summed E-state index contributed by atoms with van der Waals surface area (Å²) in [5.41, 5.74) is -0.508. The molecule has 5 nitrogen and oxygen atoms in total. The number of carboxylic acid groups (broad SMARTS) is 1. The molecule has 1 saturated heterocycles. The van der Waals surface area contributed by atoms with E-state index < -0.39 is 17.4 Å². The Bertz CT molecular complexity index is 309. The van der Waals surface area contributed by atoms with Crippen LogP contribution in [0.4, 0.5) is 4.79 Å². The topological polar surface area (TPSA) is 78.4 Å². The number of carboxylic acids is 1. The average molecular weight is 274 g/mol. The van der Waals surface area contributed by atoms with Crippen LogP contribution >= 0.6 is 11.8 Å². The highest BCUT2D eigenvalue weighted by Gasteiger charge is 2.33. The molecule has 0 aromatic rings. The minimum Gasteiger partial charge on any atom is -0.480 e. The third-order valence-corrected chi connectivity index (χ3v) is 3.99. The van der Waals surface area contributed by atoms with Crippen LogP contribution in [0.25, 0.3) is 0 Å². The predicted molar refractivity (Wildman–Crippen MR) is 72.9 cm³/mol. The number of hydrogen-bond acceptors (Lipinski definition) is 3. The zero-order valence-corrected chi connectivity index (χ0v) is 12.0. The van der Waals surface area contributed by atoms with Gasteiger partial charge in [-0.05, 0) is 29.8 Å². The van der Waals surface area contributed by atoms with Crippen LogP contribution in [-0.4, -0.2) is 40.7 Å². The maximum absolute atomic E-state index is 11.8. The minimum absolute atomic E-state index is 0.167. The van der Waals surface area contributed by atoms with Crippen molar-refractivity contribution in [3.63, 3.8) is 0 Å². The quantitative estimate of drug-likeness (QED) is 0.731. The van der Waals surface area contributed by atoms with Gasteiger partial charge in [0.2, 0.25) is 0 Å². The number of nitrogens with one attached hydrogen (secondary N) is 2. The number of carbonyl (C=O) groups is 2. The van der Waals surface area contributed by atoms with Gasteiger partial charge < -0.3 is 15.7 Å². The van der Waals surface area contributed by atoms with Crippen LogP contribution < -0.4 is 10.6 Å². The molecule has 2 amide bonds. The van der Waals surface area contributed by atoms with E-state index in [2.05, 4.69) is 10.6 Å². The molecule has 104 valence electrons. The van der Waals surface area contributed by atoms with E-state index in [0.29, 0.717) is 0 Å². The Kier molecular flexibility index (Phi) is 5.31. The Morgan fingerprint density at radius 1 is 1.28 bits per heavy atom. The number of rotatable bonds is 3. The zero-order chi connectivity index (χ0) is 13.8. The van der Waals surface area contributed by atoms with E-state index in [1.165, 1.54) is 0 Å². The fourth-order valence-electron chi connectivity index (χ4n) is 1.85. The summed E-state index contributed by atoms with van der Waals surface area (Å²) in [7, 11) is 0. The number of urea groups is 1. The normalized spacial score (nSPS) is 19.1. The minimum atomic E-state index is -1.00. The number of thioether (sulfide) groups is 1. The fourth-order valence-corrected chi connectivity index (χ4v) is 2.96. The average Bonchev–Trinajstić information content (AvgIpc) is 2.25. The Labute approximate surface area is 112 Å². The molecule has 0 aromatic heterocycles. The number of hydrogen-bond donors (Lipinski definition) is 3. The van der Waals surface area contributed by atoms with Crippen molar-refractivity contribution in [1.82, 2.24) is 10.6 Å². The molecule has 1 aliphatic rings. The van der Waals surface area contributed by atoms with Gasteiger partial charge in [0.1, 0.15) is 6.04 Å². The van der Waals surface area contributed by atoms with Crippen molar-refractivity contribution >= 4 is 23.8 Å². The molecule has 1 fully saturated rings. The molecule has 1 heterocycles. The summed E-state index contributed by atoms with van der Waals surface area (Å²) in [5.74, 6) is 1.09. The van der Waals surface area contributed by atoms with E-state index in [-0.39, 0.29) is 12.1 Å². The lowest BCUT2D eigenvalue weighted by Gasteiger charge is -2.29. The maximum Gasteiger partial charge on any atom is 0.326 e. The van der Waals surface area contributed by atoms with E-state index in [0.717, 1.165) is 24.3 Å². The van der Waals surface area contributed by atoms with Crippen LogP contribution in [0.5, 0.6) is 0 Å². The Morgan fingerprint density at radius 2 is 1.83 bits per heavy atom. The second-order valence-electron chi connectivity index (χ2n) is 5.64. The first-order chi connectivity index (χ1) is 8.30. The summed E-state index contributed by atoms with van der Waals surface area (Å²) in [4.78, 5) is 22.9. The van der Waals surface area contributed by atoms with Gasteiger partial charge in [0, 0.05) is 6.04 Å². The molecule has 1 aliphatic heterocycles. The smallest absolute Gasteiger partial charge is 0.326 e. The van der Waals surface area contributed by atoms with Gasteiger partial charge in [0.25, 0.3) is 0 Å². The van der Waals surface area contributed by atoms with Crippen LogP contribution in [0.1, 0.15) is 33.6 Å². The van der Waals surface area contributed by atoms with Crippen molar-refractivity contribution in [2.24, 2.45) is 5.41 Å². The van der Waals surface area contributed by atoms with Crippen molar-refractivity contribution in [3.8, 4) is 0 Å². The molecular weight excluding hydrogens is 252 g/mol. The number of carbonyl (C=O) groups excluding carboxylic acids is 1. The van der Waals surface area contributed by atoms with Crippen molar-refractivity contribution in [1.29, 1.82) is 0 Å². The van der Waals surface area contributed by atoms with Gasteiger partial charge in [-0.3, -0.25) is 0 Å². The van der Waals surface area contributed by atoms with Crippen LogP contribution in [0.3, 0.4) is 0 Å². The van der Waals surface area contributed by atoms with E-state index in [1.807, 2.05) is 11.8 Å². The standard InChI is InChI=1S/C12H22N2O3S/c1-12(2,3)9(10(15)16)14-11(17)13-8-4-6-18-7-5-8/h8-9H,4-7H2,1-3H3,(H,15,16)(H2,13,14,17)/t9-/m1/s1. The van der Waals surface area contributed by atoms with E-state index in [1.54, 1.807) is 20.8 Å². The summed E-state index contributed by atoms with van der Waals surface area (Å²) >= 11 is 1.88. The highest BCUT2D eigenvalue weighted by atomic mass is 32.2. The van der Waals surface area contributed by atoms with Crippen molar-refractivity contribution in [3.05, 3.63) is 0 Å². The van der Waals surface area contributed by atoms with Crippen molar-refractivity contribution < 1.29 is 14.7 Å². The molecule has 0 bridgehead atoms. The van der Waals surface area contributed by atoms with Gasteiger partial charge in [0.15, 0.2) is 0 Å². The van der Waals surface area contributed by atoms with Gasteiger partial charge in [-0.15, -0.1) is 0 Å². The van der Waals surface area contributed by atoms with Crippen LogP contribution in [0.15, 0.2) is 0 Å². The molecule has 0 spiro atoms. The molecule has 18 heavy (non-hydrogen) atoms. The largest absolute Gasteiger partial charge is 0.480 e. The molecular formula is C12H22N2O3S. The Morgan fingerprint density at radius 3 is 2.28 bits per heavy atom. The van der Waals surface area contributed by atoms with Gasteiger partial charge in [-0.1, -0.05) is 20.8 Å². The lowest BCUT2D eigenvalue weighted by molar-refractivity contribution is -0.141. The van der Waals surface area contributed by atoms with Crippen LogP contribution in [0.2, 0.25) is 0 Å². The first kappa shape index (κ1) is 15.1. The van der Waals surface area contributed by atoms with Crippen molar-refractivity contribution in [2.75, 3.05) is 11.5 Å². The number of aliphatic carboxylic acids is 1. The lowest BCUT2D eigenvalue weighted by Crippen LogP contribution is -2.54. The van der Waals surface area contributed by atoms with Gasteiger partial charge >= 0.3 is 12.0 Å². The molecule has 0 radical (unpaired) electrons. The van der Waals surface area contributed by atoms with Gasteiger partial charge in [-0.2, -0.15) is 11.8 Å². The molecule has 0 aliphatic carbocycles. The van der Waals surface area contributed by atoms with E-state index in [4.69, 9.17) is 5.11 Å². The third kappa shape index (κ3) is 4.76. The lowest BCUT2D eigenvalue weighted by atomic mass is 9.87.